The zero-order valence-corrected chi connectivity index (χ0v) is 18.6. The lowest BCUT2D eigenvalue weighted by molar-refractivity contribution is -0.122. The molecule has 7 nitrogen and oxygen atoms in total. The van der Waals surface area contributed by atoms with Gasteiger partial charge in [-0.25, -0.2) is 0 Å². The molecule has 0 unspecified atom stereocenters. The number of amides is 1. The van der Waals surface area contributed by atoms with E-state index in [2.05, 4.69) is 4.90 Å². The van der Waals surface area contributed by atoms with Crippen LogP contribution in [0.5, 0.6) is 17.2 Å². The molecule has 0 bridgehead atoms. The van der Waals surface area contributed by atoms with Crippen LogP contribution >= 0.6 is 24.0 Å². The van der Waals surface area contributed by atoms with Crippen LogP contribution in [0.15, 0.2) is 17.0 Å². The van der Waals surface area contributed by atoms with Crippen molar-refractivity contribution in [3.05, 3.63) is 22.6 Å². The summed E-state index contributed by atoms with van der Waals surface area (Å²) in [6.45, 7) is 5.00. The van der Waals surface area contributed by atoms with Crippen molar-refractivity contribution in [2.45, 2.75) is 6.42 Å². The van der Waals surface area contributed by atoms with Crippen molar-refractivity contribution >= 4 is 40.3 Å². The van der Waals surface area contributed by atoms with Crippen LogP contribution in [0.3, 0.4) is 0 Å². The van der Waals surface area contributed by atoms with Gasteiger partial charge in [-0.3, -0.25) is 14.6 Å². The Balaban J connectivity index is 1.69. The Labute approximate surface area is 180 Å². The monoisotopic (exact) mass is 438 g/mol. The van der Waals surface area contributed by atoms with E-state index < -0.39 is 0 Å². The van der Waals surface area contributed by atoms with Crippen LogP contribution < -0.4 is 14.2 Å². The van der Waals surface area contributed by atoms with Crippen LogP contribution in [0.1, 0.15) is 12.0 Å². The molecule has 2 aliphatic heterocycles. The summed E-state index contributed by atoms with van der Waals surface area (Å²) in [6.07, 6.45) is 2.69. The third-order valence-corrected chi connectivity index (χ3v) is 6.20. The van der Waals surface area contributed by atoms with Crippen molar-refractivity contribution in [2.75, 3.05) is 60.7 Å². The minimum absolute atomic E-state index is 0.0595. The Hall–Kier alpha value is -1.81. The van der Waals surface area contributed by atoms with Crippen molar-refractivity contribution in [1.82, 2.24) is 9.80 Å². The summed E-state index contributed by atoms with van der Waals surface area (Å²) in [5.74, 6) is 1.54. The Morgan fingerprint density at radius 3 is 2.34 bits per heavy atom. The first-order valence-electron chi connectivity index (χ1n) is 9.43. The van der Waals surface area contributed by atoms with Crippen molar-refractivity contribution in [1.29, 1.82) is 0 Å². The summed E-state index contributed by atoms with van der Waals surface area (Å²) < 4.78 is 22.1. The molecule has 2 heterocycles. The summed E-state index contributed by atoms with van der Waals surface area (Å²) >= 11 is 6.76. The molecular weight excluding hydrogens is 412 g/mol. The number of thiocarbonyl (C=S) groups is 1. The predicted molar refractivity (Wildman–Crippen MR) is 118 cm³/mol. The standard InChI is InChI=1S/C20H26N2O5S2/c1-24-15-11-14(12-16(25-2)18(15)26-3)13-17-19(23)22(20(28)29-17)6-4-5-21-7-9-27-10-8-21/h11-13H,4-10H2,1-3H3. The minimum atomic E-state index is -0.0595. The van der Waals surface area contributed by atoms with E-state index in [1.807, 2.05) is 18.2 Å². The smallest absolute Gasteiger partial charge is 0.266 e. The van der Waals surface area contributed by atoms with Crippen molar-refractivity contribution < 1.29 is 23.7 Å². The van der Waals surface area contributed by atoms with Gasteiger partial charge in [-0.1, -0.05) is 24.0 Å². The van der Waals surface area contributed by atoms with Crippen LogP contribution in [-0.4, -0.2) is 80.7 Å². The van der Waals surface area contributed by atoms with Gasteiger partial charge < -0.3 is 18.9 Å². The number of rotatable bonds is 8. The number of ether oxygens (including phenoxy) is 4. The Morgan fingerprint density at radius 2 is 1.76 bits per heavy atom. The second kappa shape index (κ2) is 10.3. The van der Waals surface area contributed by atoms with Gasteiger partial charge in [0.15, 0.2) is 11.5 Å². The molecule has 3 rings (SSSR count). The molecule has 0 saturated carbocycles. The first-order valence-corrected chi connectivity index (χ1v) is 10.6. The number of carbonyl (C=O) groups excluding carboxylic acids is 1. The molecule has 29 heavy (non-hydrogen) atoms. The maximum atomic E-state index is 12.9. The highest BCUT2D eigenvalue weighted by Crippen LogP contribution is 2.40. The van der Waals surface area contributed by atoms with E-state index in [-0.39, 0.29) is 5.91 Å². The van der Waals surface area contributed by atoms with Crippen LogP contribution in [0.4, 0.5) is 0 Å². The molecule has 0 atom stereocenters. The molecule has 0 aromatic heterocycles. The summed E-state index contributed by atoms with van der Waals surface area (Å²) in [7, 11) is 4.69. The highest BCUT2D eigenvalue weighted by molar-refractivity contribution is 8.26. The van der Waals surface area contributed by atoms with Gasteiger partial charge in [0.05, 0.1) is 39.4 Å². The zero-order valence-electron chi connectivity index (χ0n) is 16.9. The molecule has 0 N–H and O–H groups in total. The molecule has 0 aliphatic carbocycles. The Morgan fingerprint density at radius 1 is 1.10 bits per heavy atom. The Bertz CT molecular complexity index is 768. The van der Waals surface area contributed by atoms with Crippen LogP contribution in [0.2, 0.25) is 0 Å². The van der Waals surface area contributed by atoms with E-state index in [4.69, 9.17) is 31.2 Å². The number of morpholine rings is 1. The van der Waals surface area contributed by atoms with Gasteiger partial charge in [-0.15, -0.1) is 0 Å². The maximum absolute atomic E-state index is 12.9. The van der Waals surface area contributed by atoms with Gasteiger partial charge in [-0.2, -0.15) is 0 Å². The third kappa shape index (κ3) is 5.22. The second-order valence-electron chi connectivity index (χ2n) is 6.60. The van der Waals surface area contributed by atoms with Crippen LogP contribution in [0, 0.1) is 0 Å². The number of thioether (sulfide) groups is 1. The fourth-order valence-electron chi connectivity index (χ4n) is 3.31. The van der Waals surface area contributed by atoms with Gasteiger partial charge in [0.25, 0.3) is 5.91 Å². The van der Waals surface area contributed by atoms with E-state index in [0.29, 0.717) is 33.0 Å². The molecular formula is C20H26N2O5S2. The molecule has 1 amide bonds. The first kappa shape index (κ1) is 21.9. The zero-order chi connectivity index (χ0) is 20.8. The first-order chi connectivity index (χ1) is 14.1. The molecule has 158 valence electrons. The lowest BCUT2D eigenvalue weighted by Gasteiger charge is -2.27. The number of nitrogens with zero attached hydrogens (tertiary/aromatic N) is 2. The molecule has 0 spiro atoms. The van der Waals surface area contributed by atoms with E-state index >= 15 is 0 Å². The summed E-state index contributed by atoms with van der Waals surface area (Å²) in [6, 6.07) is 3.62. The number of methoxy groups -OCH3 is 3. The van der Waals surface area contributed by atoms with Gasteiger partial charge >= 0.3 is 0 Å². The van der Waals surface area contributed by atoms with Gasteiger partial charge in [0, 0.05) is 26.2 Å². The fraction of sp³-hybridized carbons (Fsp3) is 0.500. The normalized spacial score (nSPS) is 19.1. The van der Waals surface area contributed by atoms with E-state index in [0.717, 1.165) is 44.8 Å². The molecule has 1 aromatic carbocycles. The molecule has 0 radical (unpaired) electrons. The second-order valence-corrected chi connectivity index (χ2v) is 8.28. The van der Waals surface area contributed by atoms with Gasteiger partial charge in [0.1, 0.15) is 4.32 Å². The molecule has 9 heteroatoms. The third-order valence-electron chi connectivity index (χ3n) is 4.82. The van der Waals surface area contributed by atoms with Crippen molar-refractivity contribution in [2.24, 2.45) is 0 Å². The topological polar surface area (TPSA) is 60.5 Å². The number of hydrogen-bond acceptors (Lipinski definition) is 8. The van der Waals surface area contributed by atoms with E-state index in [1.54, 1.807) is 26.2 Å². The largest absolute Gasteiger partial charge is 0.493 e. The van der Waals surface area contributed by atoms with Crippen molar-refractivity contribution in [3.63, 3.8) is 0 Å². The average molecular weight is 439 g/mol. The highest BCUT2D eigenvalue weighted by Gasteiger charge is 2.31. The maximum Gasteiger partial charge on any atom is 0.266 e. The molecule has 2 aliphatic rings. The lowest BCUT2D eigenvalue weighted by Crippen LogP contribution is -2.38. The molecule has 2 fully saturated rings. The highest BCUT2D eigenvalue weighted by atomic mass is 32.2. The van der Waals surface area contributed by atoms with E-state index in [1.165, 1.54) is 11.8 Å². The number of hydrogen-bond donors (Lipinski definition) is 0. The number of benzene rings is 1. The lowest BCUT2D eigenvalue weighted by atomic mass is 10.1. The quantitative estimate of drug-likeness (QED) is 0.454. The Kier molecular flexibility index (Phi) is 7.77. The minimum Gasteiger partial charge on any atom is -0.493 e. The van der Waals surface area contributed by atoms with E-state index in [9.17, 15) is 4.79 Å². The molecule has 2 saturated heterocycles. The SMILES string of the molecule is COc1cc(C=C2SC(=S)N(CCCN3CCOCC3)C2=O)cc(OC)c1OC. The summed E-state index contributed by atoms with van der Waals surface area (Å²) in [4.78, 5) is 17.5. The van der Waals surface area contributed by atoms with Gasteiger partial charge in [0.2, 0.25) is 5.75 Å². The van der Waals surface area contributed by atoms with Crippen molar-refractivity contribution in [3.8, 4) is 17.2 Å². The predicted octanol–water partition coefficient (Wildman–Crippen LogP) is 2.64. The number of carbonyl (C=O) groups is 1. The van der Waals surface area contributed by atoms with Crippen LogP contribution in [-0.2, 0) is 9.53 Å². The summed E-state index contributed by atoms with van der Waals surface area (Å²) in [5.41, 5.74) is 0.785. The fourth-order valence-corrected chi connectivity index (χ4v) is 4.61. The average Bonchev–Trinajstić information content (AvgIpc) is 3.01. The summed E-state index contributed by atoms with van der Waals surface area (Å²) in [5, 5.41) is 0. The van der Waals surface area contributed by atoms with Gasteiger partial charge in [-0.05, 0) is 30.2 Å². The van der Waals surface area contributed by atoms with Crippen LogP contribution in [0.25, 0.3) is 6.08 Å². The molecule has 1 aromatic rings.